The summed E-state index contributed by atoms with van der Waals surface area (Å²) < 4.78 is 14.7. The second kappa shape index (κ2) is 5.45. The van der Waals surface area contributed by atoms with Crippen molar-refractivity contribution in [1.29, 1.82) is 5.26 Å². The number of fused-ring (bicyclic) bond motifs is 1. The molecule has 0 atom stereocenters. The van der Waals surface area contributed by atoms with Crippen LogP contribution >= 0.6 is 0 Å². The number of halogens is 1. The number of hydrogen-bond donors (Lipinski definition) is 1. The van der Waals surface area contributed by atoms with Gasteiger partial charge in [-0.15, -0.1) is 0 Å². The number of aromatic amines is 1. The van der Waals surface area contributed by atoms with Gasteiger partial charge in [0.1, 0.15) is 5.82 Å². The summed E-state index contributed by atoms with van der Waals surface area (Å²) in [5.74, 6) is -0.345. The molecule has 6 heteroatoms. The molecule has 0 saturated heterocycles. The second-order valence-corrected chi connectivity index (χ2v) is 5.01. The first-order chi connectivity index (χ1) is 10.6. The van der Waals surface area contributed by atoms with Gasteiger partial charge in [0.05, 0.1) is 11.8 Å². The third kappa shape index (κ3) is 2.37. The summed E-state index contributed by atoms with van der Waals surface area (Å²) in [5.41, 5.74) is 2.64. The molecule has 2 aromatic heterocycles. The molecule has 0 spiro atoms. The zero-order valence-corrected chi connectivity index (χ0v) is 11.9. The molecule has 5 nitrogen and oxygen atoms in total. The van der Waals surface area contributed by atoms with Gasteiger partial charge in [0.2, 0.25) is 0 Å². The summed E-state index contributed by atoms with van der Waals surface area (Å²) in [6.45, 7) is 1.75. The number of nitrogens with zero attached hydrogens (tertiary/aromatic N) is 3. The maximum atomic E-state index is 13.3. The molecule has 0 aliphatic carbocycles. The van der Waals surface area contributed by atoms with Crippen LogP contribution in [0.5, 0.6) is 0 Å². The van der Waals surface area contributed by atoms with Gasteiger partial charge in [-0.2, -0.15) is 5.26 Å². The molecule has 0 amide bonds. The Hall–Kier alpha value is -2.94. The molecule has 0 aliphatic heterocycles. The third-order valence-electron chi connectivity index (χ3n) is 3.54. The fraction of sp³-hybridized carbons (Fsp3) is 0.188. The van der Waals surface area contributed by atoms with E-state index in [1.54, 1.807) is 25.1 Å². The predicted octanol–water partition coefficient (Wildman–Crippen LogP) is 2.59. The van der Waals surface area contributed by atoms with Gasteiger partial charge in [-0.05, 0) is 25.5 Å². The Morgan fingerprint density at radius 1 is 1.41 bits per heavy atom. The van der Waals surface area contributed by atoms with Crippen molar-refractivity contribution in [3.05, 3.63) is 57.8 Å². The fourth-order valence-corrected chi connectivity index (χ4v) is 2.44. The van der Waals surface area contributed by atoms with Crippen molar-refractivity contribution in [2.45, 2.75) is 19.8 Å². The molecular weight excluding hydrogens is 283 g/mol. The quantitative estimate of drug-likeness (QED) is 0.807. The summed E-state index contributed by atoms with van der Waals surface area (Å²) >= 11 is 0. The Bertz CT molecular complexity index is 949. The monoisotopic (exact) mass is 296 g/mol. The van der Waals surface area contributed by atoms with Gasteiger partial charge in [-0.25, -0.2) is 13.9 Å². The van der Waals surface area contributed by atoms with Gasteiger partial charge in [-0.3, -0.25) is 9.89 Å². The molecule has 0 bridgehead atoms. The average molecular weight is 296 g/mol. The molecule has 0 unspecified atom stereocenters. The van der Waals surface area contributed by atoms with Crippen LogP contribution in [0.1, 0.15) is 17.7 Å². The fourth-order valence-electron chi connectivity index (χ4n) is 2.44. The molecule has 2 heterocycles. The van der Waals surface area contributed by atoms with Crippen LogP contribution in [-0.4, -0.2) is 14.6 Å². The first kappa shape index (κ1) is 14.0. The Morgan fingerprint density at radius 3 is 2.95 bits per heavy atom. The van der Waals surface area contributed by atoms with Gasteiger partial charge < -0.3 is 0 Å². The molecule has 0 saturated carbocycles. The third-order valence-corrected chi connectivity index (χ3v) is 3.54. The van der Waals surface area contributed by atoms with E-state index in [1.165, 1.54) is 16.6 Å². The molecule has 3 rings (SSSR count). The Kier molecular flexibility index (Phi) is 3.47. The maximum absolute atomic E-state index is 13.3. The van der Waals surface area contributed by atoms with E-state index >= 15 is 0 Å². The van der Waals surface area contributed by atoms with Crippen LogP contribution in [0.15, 0.2) is 35.1 Å². The van der Waals surface area contributed by atoms with Crippen LogP contribution in [0.2, 0.25) is 0 Å². The minimum absolute atomic E-state index is 0.222. The Labute approximate surface area is 125 Å². The van der Waals surface area contributed by atoms with E-state index in [-0.39, 0.29) is 17.8 Å². The molecule has 0 aliphatic rings. The lowest BCUT2D eigenvalue weighted by Gasteiger charge is -2.02. The Balaban J connectivity index is 2.16. The number of H-pyrrole nitrogens is 1. The molecule has 3 aromatic rings. The SMILES string of the molecule is Cc1nc2cc(-c3cccc(F)c3)[nH]n2c(=O)c1CCC#N. The highest BCUT2D eigenvalue weighted by Gasteiger charge is 2.12. The average Bonchev–Trinajstić information content (AvgIpc) is 2.91. The number of aromatic nitrogens is 3. The zero-order valence-electron chi connectivity index (χ0n) is 11.9. The minimum atomic E-state index is -0.345. The van der Waals surface area contributed by atoms with E-state index in [2.05, 4.69) is 10.1 Å². The van der Waals surface area contributed by atoms with Crippen LogP contribution in [0, 0.1) is 24.1 Å². The molecular formula is C16H13FN4O. The minimum Gasteiger partial charge on any atom is -0.289 e. The molecule has 0 radical (unpaired) electrons. The highest BCUT2D eigenvalue weighted by atomic mass is 19.1. The molecule has 1 aromatic carbocycles. The number of benzene rings is 1. The number of nitriles is 1. The standard InChI is InChI=1S/C16H13FN4O/c1-10-13(6-3-7-18)16(22)21-15(19-10)9-14(20-21)11-4-2-5-12(17)8-11/h2,4-5,8-9,20H,3,6H2,1H3. The number of nitrogens with one attached hydrogen (secondary N) is 1. The summed E-state index contributed by atoms with van der Waals surface area (Å²) in [6.07, 6.45) is 0.632. The van der Waals surface area contributed by atoms with E-state index in [4.69, 9.17) is 5.26 Å². The van der Waals surface area contributed by atoms with Crippen molar-refractivity contribution in [1.82, 2.24) is 14.6 Å². The Morgan fingerprint density at radius 2 is 2.23 bits per heavy atom. The smallest absolute Gasteiger partial charge is 0.276 e. The van der Waals surface area contributed by atoms with E-state index in [0.29, 0.717) is 34.6 Å². The molecule has 1 N–H and O–H groups in total. The lowest BCUT2D eigenvalue weighted by Crippen LogP contribution is -2.21. The van der Waals surface area contributed by atoms with Crippen LogP contribution in [-0.2, 0) is 6.42 Å². The van der Waals surface area contributed by atoms with E-state index in [1.807, 2.05) is 6.07 Å². The van der Waals surface area contributed by atoms with Crippen molar-refractivity contribution in [3.8, 4) is 17.3 Å². The number of aryl methyl sites for hydroxylation is 1. The van der Waals surface area contributed by atoms with Crippen molar-refractivity contribution in [2.24, 2.45) is 0 Å². The van der Waals surface area contributed by atoms with Crippen molar-refractivity contribution < 1.29 is 4.39 Å². The highest BCUT2D eigenvalue weighted by molar-refractivity contribution is 5.64. The summed E-state index contributed by atoms with van der Waals surface area (Å²) in [5, 5.41) is 11.6. The lowest BCUT2D eigenvalue weighted by atomic mass is 10.1. The van der Waals surface area contributed by atoms with Crippen molar-refractivity contribution in [3.63, 3.8) is 0 Å². The number of rotatable bonds is 3. The number of hydrogen-bond acceptors (Lipinski definition) is 3. The van der Waals surface area contributed by atoms with Gasteiger partial charge in [0.25, 0.3) is 5.56 Å². The van der Waals surface area contributed by atoms with Crippen LogP contribution in [0.3, 0.4) is 0 Å². The molecule has 22 heavy (non-hydrogen) atoms. The second-order valence-electron chi connectivity index (χ2n) is 5.01. The van der Waals surface area contributed by atoms with E-state index < -0.39 is 0 Å². The van der Waals surface area contributed by atoms with Crippen molar-refractivity contribution in [2.75, 3.05) is 0 Å². The van der Waals surface area contributed by atoms with E-state index in [0.717, 1.165) is 0 Å². The topological polar surface area (TPSA) is 74.0 Å². The van der Waals surface area contributed by atoms with Gasteiger partial charge in [0, 0.05) is 29.3 Å². The van der Waals surface area contributed by atoms with Gasteiger partial charge in [0.15, 0.2) is 5.65 Å². The van der Waals surface area contributed by atoms with Gasteiger partial charge >= 0.3 is 0 Å². The zero-order chi connectivity index (χ0) is 15.7. The van der Waals surface area contributed by atoms with Crippen LogP contribution in [0.25, 0.3) is 16.9 Å². The van der Waals surface area contributed by atoms with Crippen LogP contribution in [0.4, 0.5) is 4.39 Å². The predicted molar refractivity (Wildman–Crippen MR) is 79.9 cm³/mol. The van der Waals surface area contributed by atoms with Gasteiger partial charge in [-0.1, -0.05) is 12.1 Å². The lowest BCUT2D eigenvalue weighted by molar-refractivity contribution is 0.628. The summed E-state index contributed by atoms with van der Waals surface area (Å²) in [6, 6.07) is 9.84. The normalized spacial score (nSPS) is 10.8. The largest absolute Gasteiger partial charge is 0.289 e. The van der Waals surface area contributed by atoms with Crippen LogP contribution < -0.4 is 5.56 Å². The van der Waals surface area contributed by atoms with Crippen molar-refractivity contribution >= 4 is 5.65 Å². The van der Waals surface area contributed by atoms with E-state index in [9.17, 15) is 9.18 Å². The summed E-state index contributed by atoms with van der Waals surface area (Å²) in [4.78, 5) is 16.9. The first-order valence-electron chi connectivity index (χ1n) is 6.84. The molecule has 110 valence electrons. The maximum Gasteiger partial charge on any atom is 0.276 e. The molecule has 0 fully saturated rings. The highest BCUT2D eigenvalue weighted by Crippen LogP contribution is 2.19. The summed E-state index contributed by atoms with van der Waals surface area (Å²) in [7, 11) is 0. The first-order valence-corrected chi connectivity index (χ1v) is 6.84.